The summed E-state index contributed by atoms with van der Waals surface area (Å²) >= 11 is 0. The van der Waals surface area contributed by atoms with Gasteiger partial charge in [0.2, 0.25) is 0 Å². The third kappa shape index (κ3) is 7.53. The lowest BCUT2D eigenvalue weighted by atomic mass is 9.82. The minimum absolute atomic E-state index is 0.00622. The van der Waals surface area contributed by atoms with Crippen molar-refractivity contribution in [2.45, 2.75) is 115 Å². The molecule has 0 atom stereocenters. The molecule has 0 unspecified atom stereocenters. The van der Waals surface area contributed by atoms with Crippen LogP contribution in [-0.4, -0.2) is 25.4 Å². The summed E-state index contributed by atoms with van der Waals surface area (Å²) in [4.78, 5) is 0. The average Bonchev–Trinajstić information content (AvgIpc) is 2.94. The molecule has 2 saturated carbocycles. The van der Waals surface area contributed by atoms with Crippen molar-refractivity contribution in [1.82, 2.24) is 0 Å². The van der Waals surface area contributed by atoms with E-state index >= 15 is 0 Å². The molecule has 2 aliphatic carbocycles. The van der Waals surface area contributed by atoms with Gasteiger partial charge in [-0.05, 0) is 99.3 Å². The van der Waals surface area contributed by atoms with E-state index in [0.29, 0.717) is 17.9 Å². The summed E-state index contributed by atoms with van der Waals surface area (Å²) < 4.78 is 61.8. The highest BCUT2D eigenvalue weighted by molar-refractivity contribution is 5.32. The minimum atomic E-state index is -0.780. The Morgan fingerprint density at radius 1 is 0.711 bits per heavy atom. The Hall–Kier alpha value is -2.05. The van der Waals surface area contributed by atoms with Crippen LogP contribution in [0, 0.1) is 17.5 Å². The molecule has 0 aliphatic heterocycles. The van der Waals surface area contributed by atoms with E-state index in [0.717, 1.165) is 82.8 Å². The van der Waals surface area contributed by atoms with Gasteiger partial charge in [0.25, 0.3) is 0 Å². The van der Waals surface area contributed by atoms with Crippen LogP contribution in [-0.2, 0) is 16.1 Å². The molecule has 0 N–H and O–H groups in total. The molecular formula is C32H43F3O3. The predicted octanol–water partition coefficient (Wildman–Crippen LogP) is 8.98. The van der Waals surface area contributed by atoms with E-state index in [4.69, 9.17) is 14.2 Å². The van der Waals surface area contributed by atoms with Crippen molar-refractivity contribution in [3.8, 4) is 5.75 Å². The van der Waals surface area contributed by atoms with Crippen LogP contribution in [0.1, 0.15) is 113 Å². The summed E-state index contributed by atoms with van der Waals surface area (Å²) in [6, 6.07) is 8.72. The third-order valence-electron chi connectivity index (χ3n) is 8.20. The zero-order valence-electron chi connectivity index (χ0n) is 23.0. The summed E-state index contributed by atoms with van der Waals surface area (Å²) in [7, 11) is 0. The van der Waals surface area contributed by atoms with E-state index in [1.807, 2.05) is 6.07 Å². The highest BCUT2D eigenvalue weighted by atomic mass is 19.2. The molecule has 2 aromatic carbocycles. The maximum Gasteiger partial charge on any atom is 0.165 e. The van der Waals surface area contributed by atoms with Gasteiger partial charge in [-0.2, -0.15) is 0 Å². The number of hydrogen-bond donors (Lipinski definition) is 0. The molecule has 0 radical (unpaired) electrons. The number of benzene rings is 2. The SMILES string of the molecule is CCCCOc1ccc(C2CCC(OCc3ccc(C4CCC(OCCC)CC4)c(F)c3F)CC2)cc1F. The van der Waals surface area contributed by atoms with Crippen molar-refractivity contribution in [2.75, 3.05) is 13.2 Å². The summed E-state index contributed by atoms with van der Waals surface area (Å²) in [5, 5.41) is 0. The number of rotatable bonds is 12. The number of ether oxygens (including phenoxy) is 3. The fourth-order valence-electron chi connectivity index (χ4n) is 5.84. The smallest absolute Gasteiger partial charge is 0.165 e. The van der Waals surface area contributed by atoms with Crippen LogP contribution in [0.25, 0.3) is 0 Å². The van der Waals surface area contributed by atoms with Gasteiger partial charge in [-0.15, -0.1) is 0 Å². The maximum absolute atomic E-state index is 15.0. The molecule has 0 aromatic heterocycles. The Balaban J connectivity index is 1.25. The normalized spacial score (nSPS) is 23.9. The minimum Gasteiger partial charge on any atom is -0.491 e. The molecule has 0 amide bonds. The highest BCUT2D eigenvalue weighted by Crippen LogP contribution is 2.38. The molecule has 6 heteroatoms. The third-order valence-corrected chi connectivity index (χ3v) is 8.20. The number of halogens is 3. The van der Waals surface area contributed by atoms with Gasteiger partial charge in [0.15, 0.2) is 23.2 Å². The van der Waals surface area contributed by atoms with Crippen LogP contribution in [0.4, 0.5) is 13.2 Å². The first-order chi connectivity index (χ1) is 18.5. The molecule has 210 valence electrons. The Morgan fingerprint density at radius 2 is 1.39 bits per heavy atom. The standard InChI is InChI=1S/C32H43F3O3/c1-3-5-19-37-30-17-11-24(20-29(30)33)22-6-12-27(13-7-22)38-21-25-10-16-28(32(35)31(25)34)23-8-14-26(15-9-23)36-18-4-2/h10-11,16-17,20,22-23,26-27H,3-9,12-15,18-19,21H2,1-2H3. The molecule has 0 bridgehead atoms. The summed E-state index contributed by atoms with van der Waals surface area (Å²) in [5.41, 5.74) is 1.74. The predicted molar refractivity (Wildman–Crippen MR) is 144 cm³/mol. The molecule has 0 saturated heterocycles. The second-order valence-corrected chi connectivity index (χ2v) is 11.0. The van der Waals surface area contributed by atoms with Gasteiger partial charge in [-0.25, -0.2) is 13.2 Å². The first kappa shape index (κ1) is 28.9. The molecule has 2 aromatic rings. The van der Waals surface area contributed by atoms with Crippen molar-refractivity contribution in [1.29, 1.82) is 0 Å². The van der Waals surface area contributed by atoms with Gasteiger partial charge < -0.3 is 14.2 Å². The van der Waals surface area contributed by atoms with Crippen molar-refractivity contribution in [2.24, 2.45) is 0 Å². The van der Waals surface area contributed by atoms with Gasteiger partial charge in [0.05, 0.1) is 25.4 Å². The Kier molecular flexibility index (Phi) is 10.9. The number of unbranched alkanes of at least 4 members (excludes halogenated alkanes) is 1. The van der Waals surface area contributed by atoms with E-state index in [9.17, 15) is 13.2 Å². The van der Waals surface area contributed by atoms with Gasteiger partial charge in [-0.3, -0.25) is 0 Å². The number of hydrogen-bond acceptors (Lipinski definition) is 3. The summed E-state index contributed by atoms with van der Waals surface area (Å²) in [6.45, 7) is 5.51. The Labute approximate surface area is 226 Å². The zero-order valence-corrected chi connectivity index (χ0v) is 23.0. The van der Waals surface area contributed by atoms with E-state index in [2.05, 4.69) is 13.8 Å². The summed E-state index contributed by atoms with van der Waals surface area (Å²) in [6.07, 6.45) is 9.94. The maximum atomic E-state index is 15.0. The quantitative estimate of drug-likeness (QED) is 0.255. The van der Waals surface area contributed by atoms with Crippen LogP contribution < -0.4 is 4.74 Å². The summed E-state index contributed by atoms with van der Waals surface area (Å²) in [5.74, 6) is -1.19. The lowest BCUT2D eigenvalue weighted by Crippen LogP contribution is -2.22. The van der Waals surface area contributed by atoms with Crippen molar-refractivity contribution < 1.29 is 27.4 Å². The van der Waals surface area contributed by atoms with Gasteiger partial charge in [-0.1, -0.05) is 38.5 Å². The average molecular weight is 533 g/mol. The lowest BCUT2D eigenvalue weighted by molar-refractivity contribution is 0.0118. The van der Waals surface area contributed by atoms with E-state index < -0.39 is 11.6 Å². The molecule has 2 fully saturated rings. The van der Waals surface area contributed by atoms with Crippen LogP contribution in [0.15, 0.2) is 30.3 Å². The van der Waals surface area contributed by atoms with Gasteiger partial charge in [0.1, 0.15) is 0 Å². The van der Waals surface area contributed by atoms with Crippen molar-refractivity contribution >= 4 is 0 Å². The topological polar surface area (TPSA) is 27.7 Å². The van der Waals surface area contributed by atoms with Gasteiger partial charge >= 0.3 is 0 Å². The molecule has 0 heterocycles. The van der Waals surface area contributed by atoms with Gasteiger partial charge in [0, 0.05) is 12.2 Å². The fraction of sp³-hybridized carbons (Fsp3) is 0.625. The van der Waals surface area contributed by atoms with Crippen LogP contribution in [0.2, 0.25) is 0 Å². The van der Waals surface area contributed by atoms with Crippen LogP contribution >= 0.6 is 0 Å². The van der Waals surface area contributed by atoms with E-state index in [1.54, 1.807) is 24.3 Å². The first-order valence-corrected chi connectivity index (χ1v) is 14.6. The van der Waals surface area contributed by atoms with E-state index in [1.165, 1.54) is 0 Å². The van der Waals surface area contributed by atoms with Crippen molar-refractivity contribution in [3.63, 3.8) is 0 Å². The second kappa shape index (κ2) is 14.4. The lowest BCUT2D eigenvalue weighted by Gasteiger charge is -2.30. The molecular weight excluding hydrogens is 489 g/mol. The Morgan fingerprint density at radius 3 is 2.05 bits per heavy atom. The highest BCUT2D eigenvalue weighted by Gasteiger charge is 2.28. The fourth-order valence-corrected chi connectivity index (χ4v) is 5.84. The van der Waals surface area contributed by atoms with Crippen LogP contribution in [0.5, 0.6) is 5.75 Å². The van der Waals surface area contributed by atoms with Crippen molar-refractivity contribution in [3.05, 3.63) is 64.5 Å². The molecule has 4 rings (SSSR count). The molecule has 3 nitrogen and oxygen atoms in total. The van der Waals surface area contributed by atoms with E-state index in [-0.39, 0.29) is 42.0 Å². The Bertz CT molecular complexity index is 1010. The largest absolute Gasteiger partial charge is 0.491 e. The molecule has 0 spiro atoms. The first-order valence-electron chi connectivity index (χ1n) is 14.6. The van der Waals surface area contributed by atoms with Crippen LogP contribution in [0.3, 0.4) is 0 Å². The zero-order chi connectivity index (χ0) is 26.9. The molecule has 2 aliphatic rings. The second-order valence-electron chi connectivity index (χ2n) is 11.0. The monoisotopic (exact) mass is 532 g/mol. The molecule has 38 heavy (non-hydrogen) atoms.